The average Bonchev–Trinajstić information content (AvgIpc) is 2.59. The fourth-order valence-corrected chi connectivity index (χ4v) is 3.32. The molecular formula is C20H25NO. The van der Waals surface area contributed by atoms with E-state index in [-0.39, 0.29) is 0 Å². The highest BCUT2D eigenvalue weighted by molar-refractivity contribution is 5.31. The van der Waals surface area contributed by atoms with Crippen molar-refractivity contribution in [1.29, 1.82) is 0 Å². The van der Waals surface area contributed by atoms with E-state index in [0.717, 1.165) is 18.2 Å². The summed E-state index contributed by atoms with van der Waals surface area (Å²) in [4.78, 5) is 0. The van der Waals surface area contributed by atoms with Crippen molar-refractivity contribution in [1.82, 2.24) is 5.32 Å². The zero-order valence-electron chi connectivity index (χ0n) is 13.5. The van der Waals surface area contributed by atoms with E-state index in [1.54, 1.807) is 12.7 Å². The smallest absolute Gasteiger partial charge is 0.119 e. The molecule has 2 nitrogen and oxygen atoms in total. The van der Waals surface area contributed by atoms with Crippen molar-refractivity contribution >= 4 is 0 Å². The van der Waals surface area contributed by atoms with Gasteiger partial charge in [-0.1, -0.05) is 36.4 Å². The van der Waals surface area contributed by atoms with E-state index in [9.17, 15) is 0 Å². The molecule has 2 aromatic carbocycles. The topological polar surface area (TPSA) is 21.3 Å². The Bertz CT molecular complexity index is 623. The first kappa shape index (κ1) is 15.1. The lowest BCUT2D eigenvalue weighted by Gasteiger charge is -2.26. The molecule has 0 fully saturated rings. The third kappa shape index (κ3) is 3.50. The number of hydrogen-bond donors (Lipinski definition) is 1. The van der Waals surface area contributed by atoms with Crippen LogP contribution in [0.1, 0.15) is 36.1 Å². The highest BCUT2D eigenvalue weighted by Gasteiger charge is 2.18. The number of aryl methyl sites for hydroxylation is 1. The maximum Gasteiger partial charge on any atom is 0.119 e. The Kier molecular flexibility index (Phi) is 4.79. The van der Waals surface area contributed by atoms with Crippen LogP contribution in [0.2, 0.25) is 0 Å². The maximum absolute atomic E-state index is 5.31. The molecule has 0 amide bonds. The molecular weight excluding hydrogens is 270 g/mol. The van der Waals surface area contributed by atoms with Gasteiger partial charge in [0.05, 0.1) is 7.11 Å². The van der Waals surface area contributed by atoms with Gasteiger partial charge >= 0.3 is 0 Å². The summed E-state index contributed by atoms with van der Waals surface area (Å²) in [5, 5.41) is 3.70. The van der Waals surface area contributed by atoms with Crippen molar-refractivity contribution in [2.75, 3.05) is 13.7 Å². The number of rotatable bonds is 5. The van der Waals surface area contributed by atoms with Crippen LogP contribution in [0.25, 0.3) is 0 Å². The number of ether oxygens (including phenoxy) is 1. The van der Waals surface area contributed by atoms with Gasteiger partial charge in [0.25, 0.3) is 0 Å². The highest BCUT2D eigenvalue weighted by atomic mass is 16.5. The molecule has 2 heteroatoms. The Balaban J connectivity index is 1.56. The molecule has 0 aliphatic heterocycles. The molecule has 2 aromatic rings. The second kappa shape index (κ2) is 6.97. The van der Waals surface area contributed by atoms with Crippen LogP contribution < -0.4 is 10.1 Å². The lowest BCUT2D eigenvalue weighted by Crippen LogP contribution is -2.29. The normalized spacial score (nSPS) is 18.5. The van der Waals surface area contributed by atoms with E-state index >= 15 is 0 Å². The largest absolute Gasteiger partial charge is 0.497 e. The average molecular weight is 295 g/mol. The van der Waals surface area contributed by atoms with Crippen LogP contribution in [0.15, 0.2) is 48.5 Å². The van der Waals surface area contributed by atoms with Gasteiger partial charge in [-0.15, -0.1) is 0 Å². The lowest BCUT2D eigenvalue weighted by molar-refractivity contribution is 0.398. The van der Waals surface area contributed by atoms with Gasteiger partial charge < -0.3 is 10.1 Å². The molecule has 0 bridgehead atoms. The van der Waals surface area contributed by atoms with Crippen LogP contribution in [0.4, 0.5) is 0 Å². The third-order valence-electron chi connectivity index (χ3n) is 4.76. The molecule has 3 rings (SSSR count). The Morgan fingerprint density at radius 3 is 2.77 bits per heavy atom. The summed E-state index contributed by atoms with van der Waals surface area (Å²) < 4.78 is 5.31. The van der Waals surface area contributed by atoms with Gasteiger partial charge in [0, 0.05) is 6.04 Å². The van der Waals surface area contributed by atoms with Crippen molar-refractivity contribution in [2.24, 2.45) is 5.92 Å². The fourth-order valence-electron chi connectivity index (χ4n) is 3.32. The van der Waals surface area contributed by atoms with Gasteiger partial charge in [0.15, 0.2) is 0 Å². The molecule has 0 saturated carbocycles. The molecule has 0 radical (unpaired) electrons. The lowest BCUT2D eigenvalue weighted by atomic mass is 9.84. The quantitative estimate of drug-likeness (QED) is 0.894. The van der Waals surface area contributed by atoms with Crippen molar-refractivity contribution in [3.8, 4) is 5.75 Å². The Labute approximate surface area is 133 Å². The molecule has 0 saturated heterocycles. The van der Waals surface area contributed by atoms with Gasteiger partial charge in [0.2, 0.25) is 0 Å². The zero-order valence-corrected chi connectivity index (χ0v) is 13.5. The van der Waals surface area contributed by atoms with Gasteiger partial charge in [-0.2, -0.15) is 0 Å². The second-order valence-corrected chi connectivity index (χ2v) is 6.28. The maximum atomic E-state index is 5.31. The minimum Gasteiger partial charge on any atom is -0.497 e. The first-order valence-electron chi connectivity index (χ1n) is 8.20. The molecule has 0 heterocycles. The van der Waals surface area contributed by atoms with Crippen LogP contribution in [0, 0.1) is 5.92 Å². The first-order valence-corrected chi connectivity index (χ1v) is 8.20. The summed E-state index contributed by atoms with van der Waals surface area (Å²) >= 11 is 0. The summed E-state index contributed by atoms with van der Waals surface area (Å²) in [5.74, 6) is 1.67. The molecule has 1 unspecified atom stereocenters. The van der Waals surface area contributed by atoms with E-state index in [2.05, 4.69) is 54.7 Å². The monoisotopic (exact) mass is 295 g/mol. The van der Waals surface area contributed by atoms with Gasteiger partial charge in [-0.3, -0.25) is 0 Å². The SMILES string of the molecule is COc1cccc([C@H](C)NCC2CCc3ccccc3C2)c1. The number of methoxy groups -OCH3 is 1. The molecule has 1 aliphatic carbocycles. The van der Waals surface area contributed by atoms with Crippen LogP contribution in [-0.4, -0.2) is 13.7 Å². The number of fused-ring (bicyclic) bond motifs is 1. The summed E-state index contributed by atoms with van der Waals surface area (Å²) in [6.45, 7) is 3.30. The predicted molar refractivity (Wildman–Crippen MR) is 91.4 cm³/mol. The van der Waals surface area contributed by atoms with Crippen molar-refractivity contribution in [3.05, 3.63) is 65.2 Å². The van der Waals surface area contributed by atoms with Crippen LogP contribution >= 0.6 is 0 Å². The molecule has 116 valence electrons. The van der Waals surface area contributed by atoms with E-state index < -0.39 is 0 Å². The second-order valence-electron chi connectivity index (χ2n) is 6.28. The summed E-state index contributed by atoms with van der Waals surface area (Å²) in [6.07, 6.45) is 3.71. The predicted octanol–water partition coefficient (Wildman–Crippen LogP) is 4.15. The summed E-state index contributed by atoms with van der Waals surface area (Å²) in [5.41, 5.74) is 4.37. The highest BCUT2D eigenvalue weighted by Crippen LogP contribution is 2.26. The molecule has 0 aromatic heterocycles. The standard InChI is InChI=1S/C20H25NO/c1-15(18-8-5-9-20(13-18)22-2)21-14-16-10-11-17-6-3-4-7-19(17)12-16/h3-9,13,15-16,21H,10-12,14H2,1-2H3/t15-,16?/m0/s1. The van der Waals surface area contributed by atoms with Crippen molar-refractivity contribution in [2.45, 2.75) is 32.2 Å². The Morgan fingerprint density at radius 2 is 1.95 bits per heavy atom. The van der Waals surface area contributed by atoms with Gasteiger partial charge in [-0.25, -0.2) is 0 Å². The number of nitrogens with one attached hydrogen (secondary N) is 1. The van der Waals surface area contributed by atoms with E-state index in [0.29, 0.717) is 6.04 Å². The first-order chi connectivity index (χ1) is 10.8. The molecule has 22 heavy (non-hydrogen) atoms. The number of benzene rings is 2. The minimum absolute atomic E-state index is 0.354. The van der Waals surface area contributed by atoms with Crippen LogP contribution in [-0.2, 0) is 12.8 Å². The van der Waals surface area contributed by atoms with Gasteiger partial charge in [-0.05, 0) is 67.5 Å². The van der Waals surface area contributed by atoms with E-state index in [4.69, 9.17) is 4.74 Å². The Hall–Kier alpha value is -1.80. The number of hydrogen-bond acceptors (Lipinski definition) is 2. The summed E-state index contributed by atoms with van der Waals surface area (Å²) in [6, 6.07) is 17.6. The van der Waals surface area contributed by atoms with Crippen LogP contribution in [0.5, 0.6) is 5.75 Å². The zero-order chi connectivity index (χ0) is 15.4. The Morgan fingerprint density at radius 1 is 1.14 bits per heavy atom. The third-order valence-corrected chi connectivity index (χ3v) is 4.76. The molecule has 1 aliphatic rings. The molecule has 2 atom stereocenters. The van der Waals surface area contributed by atoms with E-state index in [1.807, 2.05) is 6.07 Å². The summed E-state index contributed by atoms with van der Waals surface area (Å²) in [7, 11) is 1.72. The van der Waals surface area contributed by atoms with E-state index in [1.165, 1.54) is 30.4 Å². The van der Waals surface area contributed by atoms with Gasteiger partial charge in [0.1, 0.15) is 5.75 Å². The van der Waals surface area contributed by atoms with Crippen molar-refractivity contribution < 1.29 is 4.74 Å². The fraction of sp³-hybridized carbons (Fsp3) is 0.400. The van der Waals surface area contributed by atoms with Crippen molar-refractivity contribution in [3.63, 3.8) is 0 Å². The molecule has 0 spiro atoms. The van der Waals surface area contributed by atoms with Crippen LogP contribution in [0.3, 0.4) is 0 Å². The molecule has 1 N–H and O–H groups in total. The minimum atomic E-state index is 0.354.